The van der Waals surface area contributed by atoms with Crippen LogP contribution < -0.4 is 0 Å². The largest absolute Gasteiger partial charge is 0.507 e. The summed E-state index contributed by atoms with van der Waals surface area (Å²) in [6.45, 7) is 6.07. The molecule has 1 aliphatic heterocycles. The molecular weight excluding hydrogens is 397 g/mol. The third-order valence-corrected chi connectivity index (χ3v) is 5.65. The summed E-state index contributed by atoms with van der Waals surface area (Å²) in [7, 11) is 0. The number of aryl methyl sites for hydroxylation is 2. The SMILES string of the molecule is CCCN1C(=O)C(=O)/C(=C(/O)c2cc(C)ccc2C)C1c1ccc(Cl)c(Cl)c1. The van der Waals surface area contributed by atoms with E-state index >= 15 is 0 Å². The van der Waals surface area contributed by atoms with Crippen molar-refractivity contribution in [1.82, 2.24) is 4.90 Å². The van der Waals surface area contributed by atoms with E-state index in [1.165, 1.54) is 4.90 Å². The molecule has 0 radical (unpaired) electrons. The van der Waals surface area contributed by atoms with Gasteiger partial charge in [0.15, 0.2) is 0 Å². The molecule has 0 spiro atoms. The van der Waals surface area contributed by atoms with Crippen molar-refractivity contribution in [2.45, 2.75) is 33.2 Å². The Morgan fingerprint density at radius 2 is 1.79 bits per heavy atom. The number of nitrogens with zero attached hydrogens (tertiary/aromatic N) is 1. The van der Waals surface area contributed by atoms with Gasteiger partial charge in [-0.25, -0.2) is 0 Å². The van der Waals surface area contributed by atoms with Gasteiger partial charge < -0.3 is 10.0 Å². The molecule has 3 rings (SSSR count). The number of halogens is 2. The average molecular weight is 418 g/mol. The van der Waals surface area contributed by atoms with Crippen molar-refractivity contribution in [3.05, 3.63) is 74.3 Å². The fraction of sp³-hybridized carbons (Fsp3) is 0.273. The van der Waals surface area contributed by atoms with E-state index in [9.17, 15) is 14.7 Å². The monoisotopic (exact) mass is 417 g/mol. The molecule has 28 heavy (non-hydrogen) atoms. The quantitative estimate of drug-likeness (QED) is 0.409. The Labute approximate surface area is 174 Å². The molecule has 0 saturated carbocycles. The van der Waals surface area contributed by atoms with Gasteiger partial charge in [-0.1, -0.05) is 53.9 Å². The normalized spacial score (nSPS) is 18.8. The van der Waals surface area contributed by atoms with Crippen LogP contribution in [0.2, 0.25) is 10.0 Å². The molecule has 0 aliphatic carbocycles. The fourth-order valence-corrected chi connectivity index (χ4v) is 3.82. The zero-order chi connectivity index (χ0) is 20.6. The van der Waals surface area contributed by atoms with Crippen molar-refractivity contribution in [3.63, 3.8) is 0 Å². The predicted molar refractivity (Wildman–Crippen MR) is 112 cm³/mol. The van der Waals surface area contributed by atoms with E-state index in [4.69, 9.17) is 23.2 Å². The lowest BCUT2D eigenvalue weighted by Gasteiger charge is -2.25. The highest BCUT2D eigenvalue weighted by atomic mass is 35.5. The standard InChI is InChI=1S/C22H21Cl2NO3/c1-4-9-25-19(14-7-8-16(23)17(24)11-14)18(21(27)22(25)28)20(26)15-10-12(2)5-6-13(15)3/h5-8,10-11,19,26H,4,9H2,1-3H3/b20-18+. The number of carbonyl (C=O) groups excluding carboxylic acids is 2. The van der Waals surface area contributed by atoms with Gasteiger partial charge in [-0.15, -0.1) is 0 Å². The summed E-state index contributed by atoms with van der Waals surface area (Å²) in [5, 5.41) is 11.8. The number of hydrogen-bond acceptors (Lipinski definition) is 3. The highest BCUT2D eigenvalue weighted by Gasteiger charge is 2.45. The maximum Gasteiger partial charge on any atom is 0.295 e. The molecule has 1 atom stereocenters. The maximum atomic E-state index is 12.9. The first kappa shape index (κ1) is 20.4. The van der Waals surface area contributed by atoms with Gasteiger partial charge in [0, 0.05) is 12.1 Å². The number of amides is 1. The van der Waals surface area contributed by atoms with Crippen LogP contribution in [-0.4, -0.2) is 28.2 Å². The number of rotatable bonds is 4. The zero-order valence-corrected chi connectivity index (χ0v) is 17.4. The number of carbonyl (C=O) groups is 2. The van der Waals surface area contributed by atoms with Gasteiger partial charge in [0.1, 0.15) is 5.76 Å². The van der Waals surface area contributed by atoms with E-state index in [1.54, 1.807) is 18.2 Å². The molecule has 1 aliphatic rings. The Hall–Kier alpha value is -2.30. The molecule has 1 saturated heterocycles. The molecule has 6 heteroatoms. The minimum atomic E-state index is -0.713. The second kappa shape index (κ2) is 7.98. The van der Waals surface area contributed by atoms with Crippen LogP contribution in [-0.2, 0) is 9.59 Å². The summed E-state index contributed by atoms with van der Waals surface area (Å²) in [6.07, 6.45) is 0.675. The van der Waals surface area contributed by atoms with Crippen molar-refractivity contribution in [3.8, 4) is 0 Å². The highest BCUT2D eigenvalue weighted by Crippen LogP contribution is 2.41. The Balaban J connectivity index is 2.26. The molecule has 2 aromatic carbocycles. The Bertz CT molecular complexity index is 997. The minimum absolute atomic E-state index is 0.0746. The first-order valence-corrected chi connectivity index (χ1v) is 9.82. The molecule has 146 valence electrons. The third kappa shape index (κ3) is 3.54. The van der Waals surface area contributed by atoms with Crippen LogP contribution in [0.15, 0.2) is 42.0 Å². The van der Waals surface area contributed by atoms with Crippen LogP contribution in [0.1, 0.15) is 41.6 Å². The van der Waals surface area contributed by atoms with Gasteiger partial charge in [-0.3, -0.25) is 9.59 Å². The Morgan fingerprint density at radius 1 is 1.07 bits per heavy atom. The van der Waals surface area contributed by atoms with Gasteiger partial charge >= 0.3 is 0 Å². The van der Waals surface area contributed by atoms with Crippen LogP contribution >= 0.6 is 23.2 Å². The van der Waals surface area contributed by atoms with E-state index in [1.807, 2.05) is 39.0 Å². The van der Waals surface area contributed by atoms with Crippen LogP contribution in [0.5, 0.6) is 0 Å². The molecule has 1 unspecified atom stereocenters. The van der Waals surface area contributed by atoms with Gasteiger partial charge in [-0.2, -0.15) is 0 Å². The summed E-state index contributed by atoms with van der Waals surface area (Å²) in [5.41, 5.74) is 3.01. The lowest BCUT2D eigenvalue weighted by Crippen LogP contribution is -2.30. The van der Waals surface area contributed by atoms with Gasteiger partial charge in [0.2, 0.25) is 0 Å². The Morgan fingerprint density at radius 3 is 2.43 bits per heavy atom. The number of likely N-dealkylation sites (tertiary alicyclic amines) is 1. The third-order valence-electron chi connectivity index (χ3n) is 4.91. The van der Waals surface area contributed by atoms with Crippen LogP contribution in [0, 0.1) is 13.8 Å². The molecule has 2 aromatic rings. The lowest BCUT2D eigenvalue weighted by molar-refractivity contribution is -0.139. The van der Waals surface area contributed by atoms with E-state index < -0.39 is 17.7 Å². The maximum absolute atomic E-state index is 12.9. The molecule has 1 fully saturated rings. The van der Waals surface area contributed by atoms with Crippen LogP contribution in [0.25, 0.3) is 5.76 Å². The van der Waals surface area contributed by atoms with Crippen molar-refractivity contribution in [2.24, 2.45) is 0 Å². The van der Waals surface area contributed by atoms with Crippen molar-refractivity contribution >= 4 is 40.7 Å². The van der Waals surface area contributed by atoms with Crippen molar-refractivity contribution in [2.75, 3.05) is 6.54 Å². The summed E-state index contributed by atoms with van der Waals surface area (Å²) in [5.74, 6) is -1.48. The van der Waals surface area contributed by atoms with E-state index in [0.29, 0.717) is 34.1 Å². The summed E-state index contributed by atoms with van der Waals surface area (Å²) in [4.78, 5) is 27.1. The van der Waals surface area contributed by atoms with Crippen molar-refractivity contribution < 1.29 is 14.7 Å². The van der Waals surface area contributed by atoms with E-state index in [0.717, 1.165) is 11.1 Å². The summed E-state index contributed by atoms with van der Waals surface area (Å²) < 4.78 is 0. The van der Waals surface area contributed by atoms with E-state index in [-0.39, 0.29) is 11.3 Å². The first-order chi connectivity index (χ1) is 13.3. The summed E-state index contributed by atoms with van der Waals surface area (Å²) in [6, 6.07) is 9.89. The van der Waals surface area contributed by atoms with E-state index in [2.05, 4.69) is 0 Å². The molecule has 1 N–H and O–H groups in total. The van der Waals surface area contributed by atoms with Gasteiger partial charge in [-0.05, 0) is 49.6 Å². The number of aliphatic hydroxyl groups is 1. The molecule has 1 amide bonds. The predicted octanol–water partition coefficient (Wildman–Crippen LogP) is 5.44. The molecule has 0 aromatic heterocycles. The van der Waals surface area contributed by atoms with Gasteiger partial charge in [0.05, 0.1) is 21.7 Å². The van der Waals surface area contributed by atoms with Gasteiger partial charge in [0.25, 0.3) is 11.7 Å². The molecule has 4 nitrogen and oxygen atoms in total. The average Bonchev–Trinajstić information content (AvgIpc) is 2.91. The zero-order valence-electron chi connectivity index (χ0n) is 15.9. The molecule has 1 heterocycles. The first-order valence-electron chi connectivity index (χ1n) is 9.07. The second-order valence-electron chi connectivity index (χ2n) is 6.98. The molecule has 0 bridgehead atoms. The Kier molecular flexibility index (Phi) is 5.82. The number of benzene rings is 2. The lowest BCUT2D eigenvalue weighted by atomic mass is 9.93. The van der Waals surface area contributed by atoms with Crippen LogP contribution in [0.4, 0.5) is 0 Å². The number of hydrogen-bond donors (Lipinski definition) is 1. The summed E-state index contributed by atoms with van der Waals surface area (Å²) >= 11 is 12.2. The van der Waals surface area contributed by atoms with Crippen LogP contribution in [0.3, 0.4) is 0 Å². The minimum Gasteiger partial charge on any atom is -0.507 e. The molecular formula is C22H21Cl2NO3. The number of aliphatic hydroxyl groups excluding tert-OH is 1. The topological polar surface area (TPSA) is 57.6 Å². The number of Topliss-reactive ketones (excluding diaryl/α,β-unsaturated/α-hetero) is 1. The smallest absolute Gasteiger partial charge is 0.295 e. The fourth-order valence-electron chi connectivity index (χ4n) is 3.52. The highest BCUT2D eigenvalue weighted by molar-refractivity contribution is 6.46. The second-order valence-corrected chi connectivity index (χ2v) is 7.80. The van der Waals surface area contributed by atoms with Crippen molar-refractivity contribution in [1.29, 1.82) is 0 Å². The number of ketones is 1.